The predicted molar refractivity (Wildman–Crippen MR) is 117 cm³/mol. The Morgan fingerprint density at radius 3 is 2.47 bits per heavy atom. The second-order valence-electron chi connectivity index (χ2n) is 7.14. The highest BCUT2D eigenvalue weighted by atomic mass is 35.5. The summed E-state index contributed by atoms with van der Waals surface area (Å²) in [6, 6.07) is 16.9. The van der Waals surface area contributed by atoms with Gasteiger partial charge in [-0.05, 0) is 37.3 Å². The van der Waals surface area contributed by atoms with Gasteiger partial charge in [-0.3, -0.25) is 9.99 Å². The van der Waals surface area contributed by atoms with Crippen molar-refractivity contribution >= 4 is 29.5 Å². The van der Waals surface area contributed by atoms with E-state index in [0.29, 0.717) is 9.79 Å². The zero-order valence-corrected chi connectivity index (χ0v) is 17.7. The van der Waals surface area contributed by atoms with Crippen molar-refractivity contribution in [2.24, 2.45) is 0 Å². The number of nitrogens with zero attached hydrogens (tertiary/aromatic N) is 2. The molecular weight excluding hydrogens is 426 g/mol. The number of halogens is 1. The number of ether oxygens (including phenoxy) is 1. The number of hydrogen-bond acceptors (Lipinski definition) is 6. The van der Waals surface area contributed by atoms with Gasteiger partial charge in [-0.25, -0.2) is 4.68 Å². The maximum Gasteiger partial charge on any atom is 0.201 e. The van der Waals surface area contributed by atoms with Crippen molar-refractivity contribution < 1.29 is 20.1 Å². The molecule has 0 amide bonds. The van der Waals surface area contributed by atoms with Crippen LogP contribution in [0.15, 0.2) is 54.6 Å². The molecule has 4 N–H and O–H groups in total. The molecule has 2 heterocycles. The van der Waals surface area contributed by atoms with Crippen LogP contribution in [-0.4, -0.2) is 49.5 Å². The summed E-state index contributed by atoms with van der Waals surface area (Å²) in [5, 5.41) is 30.8. The molecule has 1 fully saturated rings. The van der Waals surface area contributed by atoms with Crippen LogP contribution in [0.2, 0.25) is 5.02 Å². The van der Waals surface area contributed by atoms with Crippen molar-refractivity contribution in [1.82, 2.24) is 9.24 Å². The molecule has 4 rings (SSSR count). The van der Waals surface area contributed by atoms with Gasteiger partial charge in [0.05, 0.1) is 18.0 Å². The Labute approximate surface area is 183 Å². The van der Waals surface area contributed by atoms with Crippen molar-refractivity contribution in [3.8, 4) is 11.3 Å². The Morgan fingerprint density at radius 2 is 1.83 bits per heavy atom. The van der Waals surface area contributed by atoms with Gasteiger partial charge in [-0.2, -0.15) is 0 Å². The summed E-state index contributed by atoms with van der Waals surface area (Å²) in [5.74, 6) is 0. The van der Waals surface area contributed by atoms with Crippen molar-refractivity contribution in [2.45, 2.75) is 31.5 Å². The topological polar surface area (TPSA) is 91.8 Å². The van der Waals surface area contributed by atoms with E-state index in [0.717, 1.165) is 22.6 Å². The highest BCUT2D eigenvalue weighted by molar-refractivity contribution is 7.71. The van der Waals surface area contributed by atoms with Crippen LogP contribution in [0.3, 0.4) is 0 Å². The molecule has 1 saturated heterocycles. The van der Waals surface area contributed by atoms with Crippen LogP contribution < -0.4 is 5.43 Å². The van der Waals surface area contributed by atoms with E-state index in [-0.39, 0.29) is 0 Å². The maximum atomic E-state index is 10.6. The minimum Gasteiger partial charge on any atom is -0.394 e. The lowest BCUT2D eigenvalue weighted by atomic mass is 10.1. The predicted octanol–water partition coefficient (Wildman–Crippen LogP) is 3.13. The molecule has 0 radical (unpaired) electrons. The van der Waals surface area contributed by atoms with Crippen molar-refractivity contribution in [3.63, 3.8) is 0 Å². The lowest BCUT2D eigenvalue weighted by Crippen LogP contribution is -2.33. The number of rotatable bonds is 5. The third-order valence-corrected chi connectivity index (χ3v) is 5.82. The zero-order chi connectivity index (χ0) is 21.4. The molecule has 0 saturated carbocycles. The normalized spacial score (nSPS) is 23.6. The lowest BCUT2D eigenvalue weighted by molar-refractivity contribution is -0.0543. The summed E-state index contributed by atoms with van der Waals surface area (Å²) in [5.41, 5.74) is 6.42. The number of nitrogens with one attached hydrogen (secondary N) is 1. The number of aliphatic hydroxyl groups excluding tert-OH is 3. The molecule has 0 bridgehead atoms. The first-order chi connectivity index (χ1) is 14.4. The Balaban J connectivity index is 1.87. The van der Waals surface area contributed by atoms with Gasteiger partial charge in [0.25, 0.3) is 0 Å². The van der Waals surface area contributed by atoms with Gasteiger partial charge in [0.1, 0.15) is 18.3 Å². The van der Waals surface area contributed by atoms with E-state index in [1.165, 1.54) is 0 Å². The van der Waals surface area contributed by atoms with Crippen LogP contribution in [0, 0.1) is 11.7 Å². The molecule has 1 aliphatic rings. The van der Waals surface area contributed by atoms with Crippen LogP contribution in [0.5, 0.6) is 0 Å². The maximum absolute atomic E-state index is 10.6. The molecule has 158 valence electrons. The average molecular weight is 448 g/mol. The van der Waals surface area contributed by atoms with E-state index in [2.05, 4.69) is 5.43 Å². The van der Waals surface area contributed by atoms with Gasteiger partial charge >= 0.3 is 0 Å². The standard InChI is InChI=1S/C21H22ClN3O4S/c1-12-17(13-6-3-2-4-7-13)25(23-15-9-5-8-14(22)10-15)21(30)24(12)20-19(28)18(27)16(11-26)29-20/h2-10,16,18-20,23,26-28H,11H2,1H3/t16-,18-,19-,20-/m1/s1. The minimum atomic E-state index is -1.24. The van der Waals surface area contributed by atoms with E-state index in [4.69, 9.17) is 28.6 Å². The third-order valence-electron chi connectivity index (χ3n) is 5.21. The monoisotopic (exact) mass is 447 g/mol. The molecule has 1 aromatic heterocycles. The fraction of sp³-hybridized carbons (Fsp3) is 0.286. The van der Waals surface area contributed by atoms with Gasteiger partial charge in [-0.1, -0.05) is 48.0 Å². The Bertz CT molecular complexity index is 1100. The lowest BCUT2D eigenvalue weighted by Gasteiger charge is -2.18. The molecule has 0 aliphatic carbocycles. The number of anilines is 1. The summed E-state index contributed by atoms with van der Waals surface area (Å²) >= 11 is 11.9. The average Bonchev–Trinajstić information content (AvgIpc) is 3.15. The minimum absolute atomic E-state index is 0.334. The van der Waals surface area contributed by atoms with Crippen molar-refractivity contribution in [3.05, 3.63) is 70.1 Å². The molecule has 0 spiro atoms. The highest BCUT2D eigenvalue weighted by Gasteiger charge is 2.44. The molecule has 4 atom stereocenters. The molecule has 30 heavy (non-hydrogen) atoms. The van der Waals surface area contributed by atoms with Crippen molar-refractivity contribution in [2.75, 3.05) is 12.0 Å². The van der Waals surface area contributed by atoms with E-state index >= 15 is 0 Å². The first kappa shape index (κ1) is 21.0. The van der Waals surface area contributed by atoms with E-state index in [1.807, 2.05) is 49.4 Å². The molecule has 3 aromatic rings. The fourth-order valence-corrected chi connectivity index (χ4v) is 4.31. The second kappa shape index (κ2) is 8.50. The largest absolute Gasteiger partial charge is 0.394 e. The Morgan fingerprint density at radius 1 is 1.10 bits per heavy atom. The molecule has 2 aromatic carbocycles. The molecule has 0 unspecified atom stereocenters. The van der Waals surface area contributed by atoms with E-state index in [9.17, 15) is 15.3 Å². The van der Waals surface area contributed by atoms with Gasteiger partial charge in [0.15, 0.2) is 6.23 Å². The van der Waals surface area contributed by atoms with Gasteiger partial charge < -0.3 is 20.1 Å². The summed E-state index contributed by atoms with van der Waals surface area (Å²) < 4.78 is 9.45. The summed E-state index contributed by atoms with van der Waals surface area (Å²) in [6.45, 7) is 1.46. The molecule has 9 heteroatoms. The molecule has 1 aliphatic heterocycles. The fourth-order valence-electron chi connectivity index (χ4n) is 3.74. The first-order valence-electron chi connectivity index (χ1n) is 9.46. The van der Waals surface area contributed by atoms with Crippen LogP contribution in [0.1, 0.15) is 11.9 Å². The number of imidazole rings is 1. The SMILES string of the molecule is Cc1c(-c2ccccc2)n(Nc2cccc(Cl)c2)c(=S)n1[C@@H]1O[C@H](CO)[C@@H](O)[C@H]1O. The van der Waals surface area contributed by atoms with Gasteiger partial charge in [0, 0.05) is 16.3 Å². The van der Waals surface area contributed by atoms with Crippen LogP contribution in [0.25, 0.3) is 11.3 Å². The highest BCUT2D eigenvalue weighted by Crippen LogP contribution is 2.35. The quantitative estimate of drug-likeness (QED) is 0.449. The van der Waals surface area contributed by atoms with Crippen LogP contribution in [0.4, 0.5) is 5.69 Å². The number of aromatic nitrogens is 2. The van der Waals surface area contributed by atoms with Crippen LogP contribution >= 0.6 is 23.8 Å². The van der Waals surface area contributed by atoms with Gasteiger partial charge in [-0.15, -0.1) is 0 Å². The summed E-state index contributed by atoms with van der Waals surface area (Å²) in [7, 11) is 0. The summed E-state index contributed by atoms with van der Waals surface area (Å²) in [6.07, 6.45) is -4.28. The van der Waals surface area contributed by atoms with Gasteiger partial charge in [0.2, 0.25) is 4.77 Å². The first-order valence-corrected chi connectivity index (χ1v) is 10.2. The van der Waals surface area contributed by atoms with Crippen LogP contribution in [-0.2, 0) is 4.74 Å². The number of hydrogen-bond donors (Lipinski definition) is 4. The molecule has 7 nitrogen and oxygen atoms in total. The third kappa shape index (κ3) is 3.66. The van der Waals surface area contributed by atoms with E-state index < -0.39 is 31.1 Å². The Kier molecular flexibility index (Phi) is 5.97. The number of aliphatic hydroxyl groups is 3. The van der Waals surface area contributed by atoms with E-state index in [1.54, 1.807) is 21.4 Å². The summed E-state index contributed by atoms with van der Waals surface area (Å²) in [4.78, 5) is 0. The smallest absolute Gasteiger partial charge is 0.201 e. The Hall–Kier alpha value is -2.20. The van der Waals surface area contributed by atoms with Crippen molar-refractivity contribution in [1.29, 1.82) is 0 Å². The second-order valence-corrected chi connectivity index (χ2v) is 7.94. The zero-order valence-electron chi connectivity index (χ0n) is 16.1. The number of benzene rings is 2. The molecular formula is C21H22ClN3O4S.